The lowest BCUT2D eigenvalue weighted by Crippen LogP contribution is -2.36. The molecule has 0 aromatic heterocycles. The predicted octanol–water partition coefficient (Wildman–Crippen LogP) is 5.36. The van der Waals surface area contributed by atoms with E-state index in [1.54, 1.807) is 0 Å². The van der Waals surface area contributed by atoms with E-state index >= 15 is 0 Å². The maximum atomic E-state index is 4.98. The number of nitrogens with one attached hydrogen (secondary N) is 1. The largest absolute Gasteiger partial charge is 0.226 e. The molecular weight excluding hydrogens is 282 g/mol. The van der Waals surface area contributed by atoms with Gasteiger partial charge in [-0.15, -0.1) is 6.58 Å². The zero-order valence-electron chi connectivity index (χ0n) is 14.9. The summed E-state index contributed by atoms with van der Waals surface area (Å²) in [6.07, 6.45) is 21.4. The zero-order valence-corrected chi connectivity index (χ0v) is 14.9. The highest BCUT2D eigenvalue weighted by atomic mass is 15.7. The van der Waals surface area contributed by atoms with Crippen LogP contribution < -0.4 is 5.43 Å². The minimum atomic E-state index is 0.775. The Balaban J connectivity index is 2.12. The van der Waals surface area contributed by atoms with Gasteiger partial charge in [-0.3, -0.25) is 0 Å². The maximum absolute atomic E-state index is 4.98. The van der Waals surface area contributed by atoms with Gasteiger partial charge in [-0.1, -0.05) is 50.7 Å². The molecule has 0 unspecified atom stereocenters. The highest BCUT2D eigenvalue weighted by Crippen LogP contribution is 2.21. The normalized spacial score (nSPS) is 27.2. The van der Waals surface area contributed by atoms with Gasteiger partial charge in [0.2, 0.25) is 0 Å². The summed E-state index contributed by atoms with van der Waals surface area (Å²) in [5, 5.41) is 6.98. The third-order valence-corrected chi connectivity index (χ3v) is 4.84. The molecule has 0 aromatic carbocycles. The molecule has 23 heavy (non-hydrogen) atoms. The van der Waals surface area contributed by atoms with Crippen molar-refractivity contribution in [2.45, 2.75) is 83.5 Å². The molecule has 0 aromatic rings. The van der Waals surface area contributed by atoms with Crippen LogP contribution in [0.1, 0.15) is 83.5 Å². The molecule has 3 heteroatoms. The van der Waals surface area contributed by atoms with Crippen LogP contribution in [0.5, 0.6) is 0 Å². The lowest BCUT2D eigenvalue weighted by molar-refractivity contribution is 0.215. The Morgan fingerprint density at radius 2 is 1.65 bits per heavy atom. The van der Waals surface area contributed by atoms with Gasteiger partial charge >= 0.3 is 0 Å². The molecule has 130 valence electrons. The Morgan fingerprint density at radius 3 is 2.48 bits per heavy atom. The number of hydrazine groups is 1. The second kappa shape index (κ2) is 11.4. The van der Waals surface area contributed by atoms with E-state index in [-0.39, 0.29) is 0 Å². The van der Waals surface area contributed by atoms with Crippen LogP contribution >= 0.6 is 0 Å². The molecule has 0 saturated heterocycles. The molecule has 0 bridgehead atoms. The highest BCUT2D eigenvalue weighted by Gasteiger charge is 2.12. The number of hydrogen-bond donors (Lipinski definition) is 1. The first-order valence-electron chi connectivity index (χ1n) is 9.79. The predicted molar refractivity (Wildman–Crippen MR) is 100 cm³/mol. The fourth-order valence-corrected chi connectivity index (χ4v) is 3.47. The summed E-state index contributed by atoms with van der Waals surface area (Å²) < 4.78 is 0. The second-order valence-corrected chi connectivity index (χ2v) is 6.88. The monoisotopic (exact) mass is 317 g/mol. The second-order valence-electron chi connectivity index (χ2n) is 6.88. The number of hydrazone groups is 1. The van der Waals surface area contributed by atoms with Gasteiger partial charge < -0.3 is 0 Å². The summed E-state index contributed by atoms with van der Waals surface area (Å²) in [6.45, 7) is 5.67. The molecule has 0 atom stereocenters. The van der Waals surface area contributed by atoms with Crippen LogP contribution in [-0.2, 0) is 0 Å². The first-order valence-corrected chi connectivity index (χ1v) is 9.79. The van der Waals surface area contributed by atoms with Gasteiger partial charge in [-0.2, -0.15) is 5.10 Å². The van der Waals surface area contributed by atoms with Crippen molar-refractivity contribution < 1.29 is 0 Å². The first kappa shape index (κ1) is 18.3. The van der Waals surface area contributed by atoms with Crippen LogP contribution in [0.2, 0.25) is 0 Å². The molecule has 3 nitrogen and oxygen atoms in total. The van der Waals surface area contributed by atoms with Crippen molar-refractivity contribution >= 4 is 5.71 Å². The van der Waals surface area contributed by atoms with E-state index in [0.29, 0.717) is 0 Å². The van der Waals surface area contributed by atoms with Gasteiger partial charge in [0.25, 0.3) is 0 Å². The lowest BCUT2D eigenvalue weighted by atomic mass is 9.95. The third kappa shape index (κ3) is 7.34. The van der Waals surface area contributed by atoms with Crippen molar-refractivity contribution in [3.05, 3.63) is 24.3 Å². The standard InChI is InChI=1S/C20H35N3/c1-2-18-23-21-17-13-9-8-12-16-20(22-23)19-14-10-6-4-3-5-7-11-15-19/h2,14,21H,1,3-13,15-18H2/b19-14-,22-20+. The van der Waals surface area contributed by atoms with E-state index < -0.39 is 0 Å². The van der Waals surface area contributed by atoms with E-state index in [0.717, 1.165) is 19.5 Å². The molecule has 1 heterocycles. The van der Waals surface area contributed by atoms with Crippen molar-refractivity contribution in [3.63, 3.8) is 0 Å². The Hall–Kier alpha value is -1.09. The molecule has 2 rings (SSSR count). The van der Waals surface area contributed by atoms with E-state index in [4.69, 9.17) is 5.10 Å². The van der Waals surface area contributed by atoms with E-state index in [2.05, 4.69) is 18.1 Å². The highest BCUT2D eigenvalue weighted by molar-refractivity contribution is 5.99. The molecule has 1 aliphatic heterocycles. The summed E-state index contributed by atoms with van der Waals surface area (Å²) in [6, 6.07) is 0. The first-order chi connectivity index (χ1) is 11.4. The summed E-state index contributed by atoms with van der Waals surface area (Å²) in [7, 11) is 0. The van der Waals surface area contributed by atoms with E-state index in [1.807, 2.05) is 11.2 Å². The van der Waals surface area contributed by atoms with Crippen molar-refractivity contribution in [1.29, 1.82) is 0 Å². The van der Waals surface area contributed by atoms with Gasteiger partial charge in [0.05, 0.1) is 12.3 Å². The quantitative estimate of drug-likeness (QED) is 0.710. The summed E-state index contributed by atoms with van der Waals surface area (Å²) >= 11 is 0. The smallest absolute Gasteiger partial charge is 0.0711 e. The van der Waals surface area contributed by atoms with Crippen molar-refractivity contribution in [2.24, 2.45) is 5.10 Å². The molecule has 0 amide bonds. The van der Waals surface area contributed by atoms with Crippen LogP contribution in [0.15, 0.2) is 29.4 Å². The SMILES string of the molecule is C=CCN1/N=C(/C2=C\CCCCCCCC2)CCCCCCN1. The molecule has 1 N–H and O–H groups in total. The summed E-state index contributed by atoms with van der Waals surface area (Å²) in [5.41, 5.74) is 6.30. The number of hydrogen-bond acceptors (Lipinski definition) is 3. The number of nitrogens with zero attached hydrogens (tertiary/aromatic N) is 2. The van der Waals surface area contributed by atoms with Gasteiger partial charge in [0.15, 0.2) is 0 Å². The van der Waals surface area contributed by atoms with Crippen LogP contribution in [0.25, 0.3) is 0 Å². The van der Waals surface area contributed by atoms with Crippen molar-refractivity contribution in [2.75, 3.05) is 13.1 Å². The average molecular weight is 318 g/mol. The summed E-state index contributed by atoms with van der Waals surface area (Å²) in [4.78, 5) is 0. The fraction of sp³-hybridized carbons (Fsp3) is 0.750. The van der Waals surface area contributed by atoms with Crippen LogP contribution in [0.3, 0.4) is 0 Å². The zero-order chi connectivity index (χ0) is 16.2. The molecule has 1 aliphatic carbocycles. The van der Waals surface area contributed by atoms with Gasteiger partial charge in [-0.25, -0.2) is 10.5 Å². The number of allylic oxidation sites excluding steroid dienone is 2. The Morgan fingerprint density at radius 1 is 0.957 bits per heavy atom. The Bertz CT molecular complexity index is 398. The number of rotatable bonds is 3. The van der Waals surface area contributed by atoms with Gasteiger partial charge in [0, 0.05) is 6.54 Å². The Labute approximate surface area is 142 Å². The van der Waals surface area contributed by atoms with Crippen LogP contribution in [-0.4, -0.2) is 23.9 Å². The molecule has 0 spiro atoms. The van der Waals surface area contributed by atoms with Gasteiger partial charge in [-0.05, 0) is 50.5 Å². The van der Waals surface area contributed by atoms with Gasteiger partial charge in [0.1, 0.15) is 0 Å². The van der Waals surface area contributed by atoms with E-state index in [9.17, 15) is 0 Å². The van der Waals surface area contributed by atoms with Crippen molar-refractivity contribution in [1.82, 2.24) is 10.5 Å². The molecule has 0 saturated carbocycles. The average Bonchev–Trinajstić information content (AvgIpc) is 2.58. The van der Waals surface area contributed by atoms with Crippen LogP contribution in [0, 0.1) is 0 Å². The molecule has 0 fully saturated rings. The molecule has 2 aliphatic rings. The lowest BCUT2D eigenvalue weighted by Gasteiger charge is -2.23. The Kier molecular flexibility index (Phi) is 9.08. The summed E-state index contributed by atoms with van der Waals surface area (Å²) in [5.74, 6) is 0. The fourth-order valence-electron chi connectivity index (χ4n) is 3.47. The topological polar surface area (TPSA) is 27.6 Å². The minimum Gasteiger partial charge on any atom is -0.226 e. The maximum Gasteiger partial charge on any atom is 0.0711 e. The van der Waals surface area contributed by atoms with Crippen LogP contribution in [0.4, 0.5) is 0 Å². The van der Waals surface area contributed by atoms with E-state index in [1.165, 1.54) is 88.3 Å². The molecular formula is C20H35N3. The third-order valence-electron chi connectivity index (χ3n) is 4.84. The van der Waals surface area contributed by atoms with Crippen molar-refractivity contribution in [3.8, 4) is 0 Å². The minimum absolute atomic E-state index is 0.775. The molecule has 0 radical (unpaired) electrons.